The first-order chi connectivity index (χ1) is 35.0. The molecule has 13 N–H and O–H groups in total. The van der Waals surface area contributed by atoms with E-state index < -0.39 is 136 Å². The summed E-state index contributed by atoms with van der Waals surface area (Å²) in [7, 11) is -9.52. The molecule has 0 saturated carbocycles. The second-order valence-electron chi connectivity index (χ2n) is 16.8. The fourth-order valence-electron chi connectivity index (χ4n) is 6.11. The number of aliphatic carboxylic acids is 4. The van der Waals surface area contributed by atoms with Crippen molar-refractivity contribution in [3.63, 3.8) is 0 Å². The molecule has 0 spiro atoms. The van der Waals surface area contributed by atoms with E-state index >= 15 is 0 Å². The van der Waals surface area contributed by atoms with Crippen LogP contribution in [-0.2, 0) is 72.7 Å². The van der Waals surface area contributed by atoms with Crippen molar-refractivity contribution in [2.75, 3.05) is 130 Å². The normalized spacial score (nSPS) is 14.2. The van der Waals surface area contributed by atoms with E-state index in [4.69, 9.17) is 43.9 Å². The predicted molar refractivity (Wildman–Crippen MR) is 262 cm³/mol. The van der Waals surface area contributed by atoms with E-state index in [1.54, 1.807) is 0 Å². The highest BCUT2D eigenvalue weighted by atomic mass is 32.2. The third kappa shape index (κ3) is 43.5. The molecule has 0 aliphatic heterocycles. The molecule has 0 heterocycles. The van der Waals surface area contributed by atoms with Crippen LogP contribution in [0.1, 0.15) is 59.3 Å². The lowest BCUT2D eigenvalue weighted by Gasteiger charge is -2.28. The molecule has 75 heavy (non-hydrogen) atoms. The van der Waals surface area contributed by atoms with Crippen LogP contribution in [0.4, 0.5) is 0 Å². The van der Waals surface area contributed by atoms with Crippen molar-refractivity contribution in [3.8, 4) is 0 Å². The first kappa shape index (κ1) is 72.7. The zero-order chi connectivity index (χ0) is 57.6. The van der Waals surface area contributed by atoms with Gasteiger partial charge in [0.25, 0.3) is 20.2 Å². The number of carboxylic acids is 4. The zero-order valence-corrected chi connectivity index (χ0v) is 44.2. The number of carboxylic acid groups (broad SMARTS) is 4. The van der Waals surface area contributed by atoms with Crippen LogP contribution >= 0.6 is 0 Å². The van der Waals surface area contributed by atoms with Crippen LogP contribution in [0.3, 0.4) is 0 Å². The van der Waals surface area contributed by atoms with Crippen molar-refractivity contribution in [1.82, 2.24) is 30.7 Å². The van der Waals surface area contributed by atoms with E-state index in [1.165, 1.54) is 11.8 Å². The summed E-state index contributed by atoms with van der Waals surface area (Å²) in [4.78, 5) is 83.5. The number of carbonyl (C=O) groups is 7. The van der Waals surface area contributed by atoms with Gasteiger partial charge >= 0.3 is 23.9 Å². The monoisotopic (exact) mass is 1130 g/mol. The van der Waals surface area contributed by atoms with E-state index in [1.807, 2.05) is 13.8 Å². The minimum absolute atomic E-state index is 0.0465. The Hall–Kier alpha value is -4.33. The standard InChI is InChI=1S/C22H41N3O13S.C20H39N3O12S/c1-3-17(27)13-37-8-4-5-9-38-14-18(28)10-24(16(2)26)7-6-23-22(33)19(15-39(34,35)36)25(11-20(29)30)12-21(31)32;1-2-15(24)12-34-7-3-4-8-35-13-16(25)9-21-5-6-22-20(30)17(14-36(31,32)33)23(10-18(26)27)11-19(28)29/h17-19,27-28H,3-15H2,1-2H3,(H,23,33)(H,29,30)(H,31,32)(H,34,35,36);15-17,21,24-25H,2-14H2,1H3,(H,22,30)(H,26,27)(H,28,29)(H,31,32,33). The molecular weight excluding hydrogens is 1050 g/mol. The maximum atomic E-state index is 12.6. The lowest BCUT2D eigenvalue weighted by Crippen LogP contribution is -2.54. The van der Waals surface area contributed by atoms with Gasteiger partial charge in [-0.05, 0) is 38.5 Å². The number of unbranched alkanes of at least 4 members (excludes halogenated alkanes) is 2. The first-order valence-corrected chi connectivity index (χ1v) is 27.0. The number of hydrogen-bond donors (Lipinski definition) is 13. The van der Waals surface area contributed by atoms with Gasteiger partial charge in [0.2, 0.25) is 17.7 Å². The number of nitrogens with one attached hydrogen (secondary N) is 3. The van der Waals surface area contributed by atoms with E-state index in [-0.39, 0.29) is 59.1 Å². The minimum Gasteiger partial charge on any atom is -0.480 e. The van der Waals surface area contributed by atoms with E-state index in [0.717, 1.165) is 12.8 Å². The van der Waals surface area contributed by atoms with Gasteiger partial charge in [-0.3, -0.25) is 52.5 Å². The second-order valence-corrected chi connectivity index (χ2v) is 19.8. The smallest absolute Gasteiger partial charge is 0.317 e. The number of amides is 3. The highest BCUT2D eigenvalue weighted by Gasteiger charge is 2.34. The number of nitrogens with zero attached hydrogens (tertiary/aromatic N) is 3. The Morgan fingerprint density at radius 2 is 0.840 bits per heavy atom. The Balaban J connectivity index is 0. The average Bonchev–Trinajstić information content (AvgIpc) is 3.29. The van der Waals surface area contributed by atoms with Gasteiger partial charge in [0.15, 0.2) is 0 Å². The number of ether oxygens (including phenoxy) is 4. The Bertz CT molecular complexity index is 1850. The van der Waals surface area contributed by atoms with Gasteiger partial charge in [0, 0.05) is 72.6 Å². The molecule has 0 aliphatic carbocycles. The van der Waals surface area contributed by atoms with Crippen LogP contribution in [0.5, 0.6) is 0 Å². The SMILES string of the molecule is CCC(O)COCCCCOCC(O)CN(CCNC(=O)C(CS(=O)(=O)O)N(CC(=O)O)CC(=O)O)C(C)=O.CCC(O)COCCCCOCC(O)CNCCNC(=O)C(CS(=O)(=O)O)N(CC(=O)O)CC(=O)O. The van der Waals surface area contributed by atoms with Gasteiger partial charge in [0.1, 0.15) is 12.1 Å². The molecule has 0 rings (SSSR count). The van der Waals surface area contributed by atoms with Crippen LogP contribution in [0, 0.1) is 0 Å². The molecule has 3 amide bonds. The van der Waals surface area contributed by atoms with Gasteiger partial charge in [-0.2, -0.15) is 16.8 Å². The summed E-state index contributed by atoms with van der Waals surface area (Å²) >= 11 is 0. The van der Waals surface area contributed by atoms with Gasteiger partial charge in [-0.1, -0.05) is 13.8 Å². The molecular formula is C42H80N6O25S2. The maximum Gasteiger partial charge on any atom is 0.317 e. The largest absolute Gasteiger partial charge is 0.480 e. The summed E-state index contributed by atoms with van der Waals surface area (Å²) in [6.45, 7) is 3.15. The summed E-state index contributed by atoms with van der Waals surface area (Å²) in [6, 6.07) is -3.58. The number of carbonyl (C=O) groups excluding carboxylic acids is 3. The maximum absolute atomic E-state index is 12.6. The fourth-order valence-corrected chi connectivity index (χ4v) is 7.63. The predicted octanol–water partition coefficient (Wildman–Crippen LogP) is -5.01. The third-order valence-corrected chi connectivity index (χ3v) is 11.4. The molecule has 0 aromatic rings. The minimum atomic E-state index is -4.80. The third-order valence-electron chi connectivity index (χ3n) is 9.95. The fraction of sp³-hybridized carbons (Fsp3) is 0.833. The van der Waals surface area contributed by atoms with Crippen molar-refractivity contribution in [2.45, 2.75) is 95.8 Å². The molecule has 0 aromatic carbocycles. The first-order valence-electron chi connectivity index (χ1n) is 23.8. The Morgan fingerprint density at radius 1 is 0.507 bits per heavy atom. The average molecular weight is 1130 g/mol. The summed E-state index contributed by atoms with van der Waals surface area (Å²) in [5.41, 5.74) is 0. The van der Waals surface area contributed by atoms with E-state index in [9.17, 15) is 75.4 Å². The quantitative estimate of drug-likeness (QED) is 0.0200. The molecule has 0 aliphatic rings. The van der Waals surface area contributed by atoms with Crippen molar-refractivity contribution in [1.29, 1.82) is 0 Å². The van der Waals surface area contributed by atoms with Crippen LogP contribution < -0.4 is 16.0 Å². The molecule has 440 valence electrons. The van der Waals surface area contributed by atoms with Crippen LogP contribution in [-0.4, -0.2) is 289 Å². The van der Waals surface area contributed by atoms with Crippen LogP contribution in [0.15, 0.2) is 0 Å². The summed E-state index contributed by atoms with van der Waals surface area (Å²) in [6.07, 6.45) is 1.24. The summed E-state index contributed by atoms with van der Waals surface area (Å²) in [5.74, 6) is -10.9. The van der Waals surface area contributed by atoms with E-state index in [0.29, 0.717) is 68.5 Å². The second kappa shape index (κ2) is 41.8. The van der Waals surface area contributed by atoms with Gasteiger partial charge in [-0.15, -0.1) is 0 Å². The van der Waals surface area contributed by atoms with Crippen molar-refractivity contribution in [3.05, 3.63) is 0 Å². The molecule has 33 heteroatoms. The highest BCUT2D eigenvalue weighted by molar-refractivity contribution is 7.86. The lowest BCUT2D eigenvalue weighted by molar-refractivity contribution is -0.146. The number of aliphatic hydroxyl groups is 4. The molecule has 0 saturated heterocycles. The van der Waals surface area contributed by atoms with E-state index in [2.05, 4.69) is 16.0 Å². The van der Waals surface area contributed by atoms with Crippen molar-refractivity contribution < 1.29 is 119 Å². The molecule has 0 bridgehead atoms. The number of hydrogen-bond acceptors (Lipinski definition) is 22. The Kier molecular flexibility index (Phi) is 40.5. The Morgan fingerprint density at radius 3 is 1.16 bits per heavy atom. The number of aliphatic hydroxyl groups excluding tert-OH is 4. The number of rotatable bonds is 46. The topological polar surface area (TPSA) is 473 Å². The summed E-state index contributed by atoms with van der Waals surface area (Å²) < 4.78 is 84.9. The van der Waals surface area contributed by atoms with Crippen molar-refractivity contribution >= 4 is 61.8 Å². The molecule has 6 unspecified atom stereocenters. The molecule has 0 fully saturated rings. The van der Waals surface area contributed by atoms with Crippen molar-refractivity contribution in [2.24, 2.45) is 0 Å². The lowest BCUT2D eigenvalue weighted by atomic mass is 10.2. The van der Waals surface area contributed by atoms with Gasteiger partial charge in [-0.25, -0.2) is 0 Å². The molecule has 6 atom stereocenters. The van der Waals surface area contributed by atoms with Crippen LogP contribution in [0.25, 0.3) is 0 Å². The molecule has 31 nitrogen and oxygen atoms in total. The summed E-state index contributed by atoms with van der Waals surface area (Å²) in [5, 5.41) is 82.2. The highest BCUT2D eigenvalue weighted by Crippen LogP contribution is 2.07. The molecule has 0 radical (unpaired) electrons. The van der Waals surface area contributed by atoms with Crippen LogP contribution in [0.2, 0.25) is 0 Å². The van der Waals surface area contributed by atoms with Gasteiger partial charge in [0.05, 0.1) is 88.5 Å². The molecule has 0 aromatic heterocycles. The zero-order valence-electron chi connectivity index (χ0n) is 42.6. The van der Waals surface area contributed by atoms with Gasteiger partial charge < -0.3 is 80.6 Å². The Labute approximate surface area is 436 Å².